The van der Waals surface area contributed by atoms with E-state index in [0.29, 0.717) is 0 Å². The lowest BCUT2D eigenvalue weighted by Gasteiger charge is -2.12. The van der Waals surface area contributed by atoms with Crippen LogP contribution in [0.4, 0.5) is 65.9 Å². The number of aromatic nitrogens is 4. The summed E-state index contributed by atoms with van der Waals surface area (Å²) in [5.41, 5.74) is -13.4. The first-order valence-corrected chi connectivity index (χ1v) is 16.7. The van der Waals surface area contributed by atoms with Crippen molar-refractivity contribution >= 4 is 40.2 Å². The Kier molecular flexibility index (Phi) is 9.38. The van der Waals surface area contributed by atoms with Crippen LogP contribution in [-0.2, 0) is 17.6 Å². The number of carbonyl (C=O) groups is 1. The molecular weight excluding hydrogens is 841 g/mol. The zero-order valence-electron chi connectivity index (χ0n) is 29.2. The molecule has 2 aliphatic rings. The van der Waals surface area contributed by atoms with Crippen LogP contribution in [0.25, 0.3) is 67.6 Å². The summed E-state index contributed by atoms with van der Waals surface area (Å²) in [6.07, 6.45) is 0.352. The van der Waals surface area contributed by atoms with Gasteiger partial charge in [0.1, 0.15) is 0 Å². The summed E-state index contributed by atoms with van der Waals surface area (Å²) in [4.78, 5) is 24.9. The molecule has 0 saturated carbocycles. The van der Waals surface area contributed by atoms with E-state index in [9.17, 15) is 44.3 Å². The number of aromatic amines is 3. The van der Waals surface area contributed by atoms with Crippen molar-refractivity contribution in [2.24, 2.45) is 0 Å². The lowest BCUT2D eigenvalue weighted by Crippen LogP contribution is -2.07. The molecule has 21 heteroatoms. The SMILES string of the molecule is COC(=O)c1cc2[nH]c1c(-c1c(F)c(F)c(F)c(F)c1F)c1nc(c(-c3c(F)c(F)c(F)c(F)c3F)c3[nH]c(c(-c4c(F)c(F)c(F)c(F)c4F)c4ccc2[nH]4)CC3)C=C1. The molecule has 0 fully saturated rings. The Labute approximate surface area is 322 Å². The maximum Gasteiger partial charge on any atom is 0.340 e. The first-order valence-electron chi connectivity index (χ1n) is 16.7. The average molecular weight is 857 g/mol. The van der Waals surface area contributed by atoms with Gasteiger partial charge in [0.2, 0.25) is 17.5 Å². The minimum absolute atomic E-state index is 0.234. The Balaban J connectivity index is 1.69. The Bertz CT molecular complexity index is 3040. The summed E-state index contributed by atoms with van der Waals surface area (Å²) in [6.45, 7) is 0. The van der Waals surface area contributed by atoms with Gasteiger partial charge in [-0.3, -0.25) is 0 Å². The fraction of sp³-hybridized carbons (Fsp3) is 0.0769. The van der Waals surface area contributed by atoms with Crippen molar-refractivity contribution in [1.82, 2.24) is 19.9 Å². The van der Waals surface area contributed by atoms with E-state index >= 15 is 26.3 Å². The van der Waals surface area contributed by atoms with Crippen molar-refractivity contribution in [3.05, 3.63) is 134 Å². The Morgan fingerprint density at radius 3 is 1.32 bits per heavy atom. The molecule has 0 saturated heterocycles. The number of carbonyl (C=O) groups excluding carboxylic acids is 1. The van der Waals surface area contributed by atoms with E-state index in [1.54, 1.807) is 0 Å². The van der Waals surface area contributed by atoms with Crippen LogP contribution in [0.15, 0.2) is 18.2 Å². The fourth-order valence-corrected chi connectivity index (χ4v) is 7.07. The highest BCUT2D eigenvalue weighted by Crippen LogP contribution is 2.43. The highest BCUT2D eigenvalue weighted by molar-refractivity contribution is 6.07. The summed E-state index contributed by atoms with van der Waals surface area (Å²) in [7, 11) is 0.822. The first-order chi connectivity index (χ1) is 28.4. The number of hydrogen-bond acceptors (Lipinski definition) is 3. The number of nitrogens with zero attached hydrogens (tertiary/aromatic N) is 1. The lowest BCUT2D eigenvalue weighted by molar-refractivity contribution is 0.0603. The van der Waals surface area contributed by atoms with E-state index in [2.05, 4.69) is 19.9 Å². The van der Waals surface area contributed by atoms with Crippen LogP contribution in [0, 0.1) is 87.3 Å². The van der Waals surface area contributed by atoms with Gasteiger partial charge in [0.25, 0.3) is 0 Å². The molecule has 0 radical (unpaired) electrons. The van der Waals surface area contributed by atoms with Crippen molar-refractivity contribution in [1.29, 1.82) is 0 Å². The molecular formula is C39H15F15N4O2. The third-order valence-corrected chi connectivity index (χ3v) is 9.78. The topological polar surface area (TPSA) is 86.6 Å². The Morgan fingerprint density at radius 2 is 0.850 bits per heavy atom. The van der Waals surface area contributed by atoms with Gasteiger partial charge in [-0.25, -0.2) is 75.6 Å². The van der Waals surface area contributed by atoms with E-state index in [0.717, 1.165) is 37.5 Å². The smallest absolute Gasteiger partial charge is 0.340 e. The van der Waals surface area contributed by atoms with E-state index in [1.165, 1.54) is 0 Å². The largest absolute Gasteiger partial charge is 0.465 e. The average Bonchev–Trinajstić information content (AvgIpc) is 4.08. The van der Waals surface area contributed by atoms with Gasteiger partial charge in [-0.15, -0.1) is 0 Å². The third kappa shape index (κ3) is 5.69. The second kappa shape index (κ2) is 14.1. The molecule has 0 spiro atoms. The van der Waals surface area contributed by atoms with E-state index < -0.39 is 179 Å². The highest BCUT2D eigenvalue weighted by atomic mass is 19.2. The van der Waals surface area contributed by atoms with Gasteiger partial charge in [-0.2, -0.15) is 0 Å². The van der Waals surface area contributed by atoms with Gasteiger partial charge >= 0.3 is 5.97 Å². The van der Waals surface area contributed by atoms with E-state index in [1.807, 2.05) is 0 Å². The Hall–Kier alpha value is -6.93. The minimum Gasteiger partial charge on any atom is -0.465 e. The molecule has 0 amide bonds. The normalized spacial score (nSPS) is 12.5. The second-order valence-corrected chi connectivity index (χ2v) is 13.0. The molecule has 0 aliphatic carbocycles. The molecule has 308 valence electrons. The summed E-state index contributed by atoms with van der Waals surface area (Å²) in [5.74, 6) is -38.6. The van der Waals surface area contributed by atoms with Crippen LogP contribution < -0.4 is 0 Å². The third-order valence-electron chi connectivity index (χ3n) is 9.78. The number of H-pyrrole nitrogens is 3. The van der Waals surface area contributed by atoms with Crippen molar-refractivity contribution in [3.8, 4) is 33.4 Å². The van der Waals surface area contributed by atoms with Crippen LogP contribution in [0.5, 0.6) is 0 Å². The van der Waals surface area contributed by atoms with Crippen LogP contribution >= 0.6 is 0 Å². The number of fused-ring (bicyclic) bond motifs is 9. The number of methoxy groups -OCH3 is 1. The maximum absolute atomic E-state index is 15.8. The van der Waals surface area contributed by atoms with Gasteiger partial charge in [-0.05, 0) is 43.2 Å². The minimum atomic E-state index is -2.62. The molecule has 5 heterocycles. The number of esters is 1. The van der Waals surface area contributed by atoms with Crippen LogP contribution in [-0.4, -0.2) is 33.0 Å². The monoisotopic (exact) mass is 856 g/mol. The maximum atomic E-state index is 15.8. The van der Waals surface area contributed by atoms with Crippen molar-refractivity contribution in [2.45, 2.75) is 12.8 Å². The molecule has 8 bridgehead atoms. The number of nitrogens with one attached hydrogen (secondary N) is 3. The van der Waals surface area contributed by atoms with E-state index in [4.69, 9.17) is 4.74 Å². The van der Waals surface area contributed by atoms with Gasteiger partial charge in [0.15, 0.2) is 69.8 Å². The summed E-state index contributed by atoms with van der Waals surface area (Å²) < 4.78 is 231. The fourth-order valence-electron chi connectivity index (χ4n) is 7.07. The lowest BCUT2D eigenvalue weighted by atomic mass is 9.98. The number of rotatable bonds is 4. The predicted molar refractivity (Wildman–Crippen MR) is 181 cm³/mol. The molecule has 8 rings (SSSR count). The van der Waals surface area contributed by atoms with Gasteiger partial charge in [-0.1, -0.05) is 0 Å². The molecule has 6 nitrogen and oxygen atoms in total. The molecule has 6 aromatic rings. The quantitative estimate of drug-likeness (QED) is 0.0713. The van der Waals surface area contributed by atoms with Gasteiger partial charge in [0, 0.05) is 33.6 Å². The zero-order chi connectivity index (χ0) is 43.4. The van der Waals surface area contributed by atoms with Crippen LogP contribution in [0.2, 0.25) is 0 Å². The van der Waals surface area contributed by atoms with E-state index in [-0.39, 0.29) is 11.0 Å². The molecule has 3 N–H and O–H groups in total. The van der Waals surface area contributed by atoms with Crippen molar-refractivity contribution < 1.29 is 75.4 Å². The summed E-state index contributed by atoms with van der Waals surface area (Å²) >= 11 is 0. The molecule has 2 aliphatic heterocycles. The number of benzene rings is 3. The zero-order valence-corrected chi connectivity index (χ0v) is 29.2. The van der Waals surface area contributed by atoms with Crippen LogP contribution in [0.3, 0.4) is 0 Å². The number of aryl methyl sites for hydroxylation is 2. The molecule has 60 heavy (non-hydrogen) atoms. The van der Waals surface area contributed by atoms with Gasteiger partial charge < -0.3 is 19.7 Å². The number of halogens is 15. The molecule has 0 unspecified atom stereocenters. The number of ether oxygens (including phenoxy) is 1. The Morgan fingerprint density at radius 1 is 0.467 bits per heavy atom. The first kappa shape index (κ1) is 39.9. The second-order valence-electron chi connectivity index (χ2n) is 13.0. The number of hydrogen-bond donors (Lipinski definition) is 3. The molecule has 0 atom stereocenters. The predicted octanol–water partition coefficient (Wildman–Crippen LogP) is 11.1. The summed E-state index contributed by atoms with van der Waals surface area (Å²) in [5, 5.41) is 0. The van der Waals surface area contributed by atoms with Crippen LogP contribution in [0.1, 0.15) is 33.1 Å². The van der Waals surface area contributed by atoms with Crippen molar-refractivity contribution in [3.63, 3.8) is 0 Å². The molecule has 3 aromatic carbocycles. The summed E-state index contributed by atoms with van der Waals surface area (Å²) in [6, 6.07) is 3.00. The molecule has 3 aromatic heterocycles. The standard InChI is InChI=1S/C39H15F15N4O2/c1-60-39(59)9-8-16-10-2-3-11(55-10)17(20-23(40)29(46)35(52)30(47)24(20)41)12-4-5-13(56-12)18(21-25(42)31(48)36(53)32(49)26(21)43)14-6-7-15(57-14)19(38(9)58-16)22-27(44)33(50)37(54)34(51)28(22)45/h2-3,6-8,55-56,58H,4-5H2,1H3. The van der Waals surface area contributed by atoms with Crippen molar-refractivity contribution in [2.75, 3.05) is 7.11 Å². The van der Waals surface area contributed by atoms with Gasteiger partial charge in [0.05, 0.1) is 57.3 Å². The highest BCUT2D eigenvalue weighted by Gasteiger charge is 2.35.